The van der Waals surface area contributed by atoms with E-state index >= 15 is 0 Å². The topological polar surface area (TPSA) is 29.5 Å². The molecule has 0 atom stereocenters. The largest absolute Gasteiger partial charge is 0.497 e. The van der Waals surface area contributed by atoms with Crippen molar-refractivity contribution in [2.24, 2.45) is 0 Å². The number of hydrogen-bond acceptors (Lipinski definition) is 3. The van der Waals surface area contributed by atoms with Crippen molar-refractivity contribution in [3.63, 3.8) is 0 Å². The lowest BCUT2D eigenvalue weighted by Gasteiger charge is -2.16. The first-order chi connectivity index (χ1) is 8.79. The molecule has 3 rings (SSSR count). The van der Waals surface area contributed by atoms with Crippen molar-refractivity contribution in [2.75, 3.05) is 18.6 Å². The molecule has 1 aliphatic rings. The molecule has 0 fully saturated rings. The quantitative estimate of drug-likeness (QED) is 0.830. The highest BCUT2D eigenvalue weighted by Gasteiger charge is 2.26. The van der Waals surface area contributed by atoms with Crippen LogP contribution in [0.4, 0.5) is 5.69 Å². The molecule has 0 unspecified atom stereocenters. The number of ether oxygens (including phenoxy) is 1. The van der Waals surface area contributed by atoms with E-state index in [0.717, 1.165) is 29.3 Å². The first-order valence-electron chi connectivity index (χ1n) is 5.82. The summed E-state index contributed by atoms with van der Waals surface area (Å²) in [6.45, 7) is 0.749. The normalized spacial score (nSPS) is 13.5. The Morgan fingerprint density at radius 2 is 2.28 bits per heavy atom. The highest BCUT2D eigenvalue weighted by molar-refractivity contribution is 7.12. The van der Waals surface area contributed by atoms with Crippen LogP contribution < -0.4 is 9.64 Å². The summed E-state index contributed by atoms with van der Waals surface area (Å²) in [5, 5.41) is 1.93. The van der Waals surface area contributed by atoms with Crippen LogP contribution in [0.25, 0.3) is 0 Å². The lowest BCUT2D eigenvalue weighted by molar-refractivity contribution is 0.0993. The molecular formula is C14H13NO2S. The van der Waals surface area contributed by atoms with Crippen molar-refractivity contribution in [2.45, 2.75) is 6.42 Å². The molecule has 0 saturated carbocycles. The van der Waals surface area contributed by atoms with Gasteiger partial charge in [-0.1, -0.05) is 6.07 Å². The Morgan fingerprint density at radius 3 is 3.00 bits per heavy atom. The Bertz CT molecular complexity index is 577. The number of carbonyl (C=O) groups excluding carboxylic acids is 1. The van der Waals surface area contributed by atoms with Gasteiger partial charge in [-0.25, -0.2) is 0 Å². The third-order valence-corrected chi connectivity index (χ3v) is 4.02. The summed E-state index contributed by atoms with van der Waals surface area (Å²) >= 11 is 1.48. The van der Waals surface area contributed by atoms with Gasteiger partial charge in [-0.3, -0.25) is 4.79 Å². The monoisotopic (exact) mass is 259 g/mol. The fraction of sp³-hybridized carbons (Fsp3) is 0.214. The number of amides is 1. The second-order valence-electron chi connectivity index (χ2n) is 4.18. The van der Waals surface area contributed by atoms with Gasteiger partial charge in [0.25, 0.3) is 5.91 Å². The summed E-state index contributed by atoms with van der Waals surface area (Å²) in [6, 6.07) is 9.65. The Hall–Kier alpha value is -1.81. The van der Waals surface area contributed by atoms with Crippen molar-refractivity contribution in [3.05, 3.63) is 46.2 Å². The van der Waals surface area contributed by atoms with Gasteiger partial charge in [-0.2, -0.15) is 0 Å². The van der Waals surface area contributed by atoms with Crippen LogP contribution >= 0.6 is 11.3 Å². The Labute approximate surface area is 110 Å². The Balaban J connectivity index is 1.93. The number of nitrogens with zero attached hydrogens (tertiary/aromatic N) is 1. The maximum atomic E-state index is 12.3. The molecule has 0 bridgehead atoms. The van der Waals surface area contributed by atoms with Gasteiger partial charge in [0.2, 0.25) is 0 Å². The highest BCUT2D eigenvalue weighted by atomic mass is 32.1. The van der Waals surface area contributed by atoms with Crippen LogP contribution in [0.3, 0.4) is 0 Å². The molecule has 4 heteroatoms. The molecule has 1 aliphatic heterocycles. The van der Waals surface area contributed by atoms with Crippen LogP contribution in [0, 0.1) is 0 Å². The molecule has 1 aromatic heterocycles. The molecule has 0 aliphatic carbocycles. The fourth-order valence-electron chi connectivity index (χ4n) is 2.25. The van der Waals surface area contributed by atoms with E-state index < -0.39 is 0 Å². The third kappa shape index (κ3) is 1.78. The van der Waals surface area contributed by atoms with E-state index in [9.17, 15) is 4.79 Å². The van der Waals surface area contributed by atoms with Gasteiger partial charge >= 0.3 is 0 Å². The number of benzene rings is 1. The summed E-state index contributed by atoms with van der Waals surface area (Å²) in [7, 11) is 1.66. The molecule has 1 amide bonds. The number of thiophene rings is 1. The average Bonchev–Trinajstić information content (AvgIpc) is 3.06. The van der Waals surface area contributed by atoms with Crippen LogP contribution in [0.15, 0.2) is 35.7 Å². The zero-order chi connectivity index (χ0) is 12.5. The zero-order valence-electron chi connectivity index (χ0n) is 10.1. The maximum Gasteiger partial charge on any atom is 0.268 e. The smallest absolute Gasteiger partial charge is 0.268 e. The standard InChI is InChI=1S/C14H13NO2S/c1-17-11-4-5-12-10(9-11)6-7-15(12)14(16)13-3-2-8-18-13/h2-5,8-9H,6-7H2,1H3. The van der Waals surface area contributed by atoms with Crippen molar-refractivity contribution in [1.29, 1.82) is 0 Å². The number of hydrogen-bond donors (Lipinski definition) is 0. The van der Waals surface area contributed by atoms with E-state index in [1.165, 1.54) is 16.9 Å². The summed E-state index contributed by atoms with van der Waals surface area (Å²) < 4.78 is 5.21. The number of carbonyl (C=O) groups is 1. The van der Waals surface area contributed by atoms with Gasteiger partial charge in [0.05, 0.1) is 12.0 Å². The first-order valence-corrected chi connectivity index (χ1v) is 6.70. The number of anilines is 1. The molecule has 0 radical (unpaired) electrons. The summed E-state index contributed by atoms with van der Waals surface area (Å²) in [5.41, 5.74) is 2.19. The van der Waals surface area contributed by atoms with Gasteiger partial charge in [-0.15, -0.1) is 11.3 Å². The molecule has 92 valence electrons. The lowest BCUT2D eigenvalue weighted by Crippen LogP contribution is -2.28. The predicted molar refractivity (Wildman–Crippen MR) is 72.7 cm³/mol. The van der Waals surface area contributed by atoms with Crippen LogP contribution in [0.2, 0.25) is 0 Å². The Morgan fingerprint density at radius 1 is 1.39 bits per heavy atom. The summed E-state index contributed by atoms with van der Waals surface area (Å²) in [6.07, 6.45) is 0.893. The van der Waals surface area contributed by atoms with E-state index in [-0.39, 0.29) is 5.91 Å². The predicted octanol–water partition coefficient (Wildman–Crippen LogP) is 2.96. The molecule has 0 saturated heterocycles. The SMILES string of the molecule is COc1ccc2c(c1)CCN2C(=O)c1cccs1. The van der Waals surface area contributed by atoms with Crippen molar-refractivity contribution >= 4 is 22.9 Å². The minimum absolute atomic E-state index is 0.0916. The van der Waals surface area contributed by atoms with E-state index in [0.29, 0.717) is 0 Å². The van der Waals surface area contributed by atoms with Crippen LogP contribution in [-0.4, -0.2) is 19.6 Å². The molecule has 2 aromatic rings. The van der Waals surface area contributed by atoms with Gasteiger partial charge < -0.3 is 9.64 Å². The number of methoxy groups -OCH3 is 1. The third-order valence-electron chi connectivity index (χ3n) is 3.16. The van der Waals surface area contributed by atoms with Crippen molar-refractivity contribution in [3.8, 4) is 5.75 Å². The summed E-state index contributed by atoms with van der Waals surface area (Å²) in [5.74, 6) is 0.938. The molecule has 0 spiro atoms. The maximum absolute atomic E-state index is 12.3. The number of rotatable bonds is 2. The molecule has 3 nitrogen and oxygen atoms in total. The van der Waals surface area contributed by atoms with E-state index in [1.807, 2.05) is 40.6 Å². The van der Waals surface area contributed by atoms with Crippen LogP contribution in [-0.2, 0) is 6.42 Å². The first kappa shape index (κ1) is 11.3. The second-order valence-corrected chi connectivity index (χ2v) is 5.13. The van der Waals surface area contributed by atoms with Gasteiger partial charge in [-0.05, 0) is 41.6 Å². The van der Waals surface area contributed by atoms with Gasteiger partial charge in [0.15, 0.2) is 0 Å². The highest BCUT2D eigenvalue weighted by Crippen LogP contribution is 2.32. The molecule has 1 aromatic carbocycles. The molecule has 2 heterocycles. The minimum atomic E-state index is 0.0916. The van der Waals surface area contributed by atoms with E-state index in [4.69, 9.17) is 4.74 Å². The fourth-order valence-corrected chi connectivity index (χ4v) is 2.92. The summed E-state index contributed by atoms with van der Waals surface area (Å²) in [4.78, 5) is 15.0. The van der Waals surface area contributed by atoms with Crippen LogP contribution in [0.5, 0.6) is 5.75 Å². The van der Waals surface area contributed by atoms with Crippen molar-refractivity contribution < 1.29 is 9.53 Å². The van der Waals surface area contributed by atoms with E-state index in [2.05, 4.69) is 0 Å². The molecule has 18 heavy (non-hydrogen) atoms. The lowest BCUT2D eigenvalue weighted by atomic mass is 10.1. The average molecular weight is 259 g/mol. The van der Waals surface area contributed by atoms with Gasteiger partial charge in [0.1, 0.15) is 5.75 Å². The number of fused-ring (bicyclic) bond motifs is 1. The van der Waals surface area contributed by atoms with E-state index in [1.54, 1.807) is 7.11 Å². The van der Waals surface area contributed by atoms with Crippen molar-refractivity contribution in [1.82, 2.24) is 0 Å². The minimum Gasteiger partial charge on any atom is -0.497 e. The zero-order valence-corrected chi connectivity index (χ0v) is 10.9. The van der Waals surface area contributed by atoms with Crippen LogP contribution in [0.1, 0.15) is 15.2 Å². The van der Waals surface area contributed by atoms with Gasteiger partial charge in [0, 0.05) is 12.2 Å². The molecular weight excluding hydrogens is 246 g/mol. The molecule has 0 N–H and O–H groups in total. The Kier molecular flexibility index (Phi) is 2.80. The second kappa shape index (κ2) is 4.46.